The third-order valence-corrected chi connectivity index (χ3v) is 3.61. The second kappa shape index (κ2) is 6.04. The first-order chi connectivity index (χ1) is 9.51. The van der Waals surface area contributed by atoms with Crippen LogP contribution in [0.4, 0.5) is 5.82 Å². The van der Waals surface area contributed by atoms with Gasteiger partial charge in [-0.05, 0) is 24.6 Å². The van der Waals surface area contributed by atoms with Crippen LogP contribution >= 0.6 is 11.8 Å². The van der Waals surface area contributed by atoms with Crippen LogP contribution < -0.4 is 10.9 Å². The summed E-state index contributed by atoms with van der Waals surface area (Å²) in [6.07, 6.45) is 1.51. The Hall–Kier alpha value is -1.89. The van der Waals surface area contributed by atoms with E-state index in [2.05, 4.69) is 39.1 Å². The molecule has 2 aromatic heterocycles. The summed E-state index contributed by atoms with van der Waals surface area (Å²) in [6.45, 7) is 5.95. The highest BCUT2D eigenvalue weighted by molar-refractivity contribution is 7.99. The van der Waals surface area contributed by atoms with E-state index >= 15 is 0 Å². The van der Waals surface area contributed by atoms with Gasteiger partial charge in [0.1, 0.15) is 17.2 Å². The van der Waals surface area contributed by atoms with Crippen molar-refractivity contribution in [1.82, 2.24) is 19.9 Å². The first-order valence-corrected chi connectivity index (χ1v) is 7.11. The molecular weight excluding hydrogens is 274 g/mol. The Labute approximate surface area is 121 Å². The molecule has 2 N–H and O–H groups in total. The highest BCUT2D eigenvalue weighted by atomic mass is 32.2. The second-order valence-electron chi connectivity index (χ2n) is 4.64. The average molecular weight is 291 g/mol. The van der Waals surface area contributed by atoms with Gasteiger partial charge in [0.2, 0.25) is 0 Å². The Morgan fingerprint density at radius 3 is 2.70 bits per heavy atom. The molecule has 0 aliphatic heterocycles. The maximum atomic E-state index is 11.5. The first kappa shape index (κ1) is 14.5. The lowest BCUT2D eigenvalue weighted by Gasteiger charge is -2.14. The van der Waals surface area contributed by atoms with E-state index in [9.17, 15) is 4.79 Å². The van der Waals surface area contributed by atoms with Gasteiger partial charge in [0.15, 0.2) is 5.16 Å². The van der Waals surface area contributed by atoms with Gasteiger partial charge < -0.3 is 10.3 Å². The molecule has 0 aromatic carbocycles. The van der Waals surface area contributed by atoms with E-state index < -0.39 is 0 Å². The summed E-state index contributed by atoms with van der Waals surface area (Å²) >= 11 is 1.34. The van der Waals surface area contributed by atoms with Crippen LogP contribution in [0.25, 0.3) is 0 Å². The molecule has 0 saturated carbocycles. The smallest absolute Gasteiger partial charge is 0.251 e. The zero-order chi connectivity index (χ0) is 14.7. The van der Waals surface area contributed by atoms with Gasteiger partial charge in [-0.3, -0.25) is 4.79 Å². The number of nitrogens with zero attached hydrogens (tertiary/aromatic N) is 3. The topological polar surface area (TPSA) is 83.6 Å². The minimum Gasteiger partial charge on any atom is -0.373 e. The van der Waals surface area contributed by atoms with Crippen molar-refractivity contribution in [1.29, 1.82) is 0 Å². The standard InChI is InChI=1S/C13H17N5OS/c1-7(2)10-11(14-4)15-6-16-12(10)20-13-17-8(3)5-9(19)18-13/h5-7H,1-4H3,(H,14,15,16)(H,17,18,19). The van der Waals surface area contributed by atoms with Crippen LogP contribution in [0.2, 0.25) is 0 Å². The Kier molecular flexibility index (Phi) is 4.39. The third-order valence-electron chi connectivity index (χ3n) is 2.70. The quantitative estimate of drug-likeness (QED) is 0.663. The zero-order valence-corrected chi connectivity index (χ0v) is 12.7. The largest absolute Gasteiger partial charge is 0.373 e. The molecule has 0 atom stereocenters. The van der Waals surface area contributed by atoms with Crippen LogP contribution in [0.5, 0.6) is 0 Å². The fourth-order valence-corrected chi connectivity index (χ4v) is 2.94. The lowest BCUT2D eigenvalue weighted by atomic mass is 10.1. The lowest BCUT2D eigenvalue weighted by molar-refractivity contribution is 0.802. The Bertz CT molecular complexity index is 668. The molecule has 6 nitrogen and oxygen atoms in total. The van der Waals surface area contributed by atoms with Crippen LogP contribution in [0.1, 0.15) is 31.0 Å². The predicted molar refractivity (Wildman–Crippen MR) is 79.4 cm³/mol. The van der Waals surface area contributed by atoms with Crippen molar-refractivity contribution >= 4 is 17.6 Å². The van der Waals surface area contributed by atoms with Crippen LogP contribution in [-0.4, -0.2) is 27.0 Å². The van der Waals surface area contributed by atoms with Crippen molar-refractivity contribution in [2.24, 2.45) is 0 Å². The monoisotopic (exact) mass is 291 g/mol. The maximum Gasteiger partial charge on any atom is 0.251 e. The number of H-pyrrole nitrogens is 1. The molecule has 0 aliphatic carbocycles. The third kappa shape index (κ3) is 3.16. The number of rotatable bonds is 4. The molecule has 0 bridgehead atoms. The number of aromatic nitrogens is 4. The van der Waals surface area contributed by atoms with Gasteiger partial charge in [0, 0.05) is 24.4 Å². The number of hydrogen-bond acceptors (Lipinski definition) is 6. The van der Waals surface area contributed by atoms with E-state index in [0.29, 0.717) is 10.9 Å². The number of hydrogen-bond donors (Lipinski definition) is 2. The van der Waals surface area contributed by atoms with Crippen molar-refractivity contribution in [2.75, 3.05) is 12.4 Å². The normalized spacial score (nSPS) is 10.8. The summed E-state index contributed by atoms with van der Waals surface area (Å²) in [5, 5.41) is 4.41. The Morgan fingerprint density at radius 2 is 2.10 bits per heavy atom. The molecule has 0 radical (unpaired) electrons. The maximum absolute atomic E-state index is 11.5. The highest BCUT2D eigenvalue weighted by Crippen LogP contribution is 2.33. The molecule has 0 spiro atoms. The van der Waals surface area contributed by atoms with Gasteiger partial charge >= 0.3 is 0 Å². The Morgan fingerprint density at radius 1 is 1.35 bits per heavy atom. The van der Waals surface area contributed by atoms with Crippen molar-refractivity contribution in [3.63, 3.8) is 0 Å². The van der Waals surface area contributed by atoms with Gasteiger partial charge in [-0.15, -0.1) is 0 Å². The molecule has 0 fully saturated rings. The van der Waals surface area contributed by atoms with Gasteiger partial charge in [0.25, 0.3) is 5.56 Å². The summed E-state index contributed by atoms with van der Waals surface area (Å²) in [6, 6.07) is 1.46. The number of anilines is 1. The first-order valence-electron chi connectivity index (χ1n) is 6.29. The van der Waals surface area contributed by atoms with Crippen LogP contribution in [0.3, 0.4) is 0 Å². The van der Waals surface area contributed by atoms with E-state index in [1.54, 1.807) is 6.92 Å². The van der Waals surface area contributed by atoms with E-state index in [1.165, 1.54) is 24.2 Å². The van der Waals surface area contributed by atoms with Crippen molar-refractivity contribution in [3.05, 3.63) is 34.0 Å². The fraction of sp³-hybridized carbons (Fsp3) is 0.385. The molecule has 2 heterocycles. The highest BCUT2D eigenvalue weighted by Gasteiger charge is 2.16. The SMILES string of the molecule is CNc1ncnc(Sc2nc(C)cc(=O)[nH]2)c1C(C)C. The van der Waals surface area contributed by atoms with E-state index in [4.69, 9.17) is 0 Å². The summed E-state index contributed by atoms with van der Waals surface area (Å²) in [7, 11) is 1.83. The van der Waals surface area contributed by atoms with Gasteiger partial charge in [-0.2, -0.15) is 0 Å². The second-order valence-corrected chi connectivity index (χ2v) is 5.62. The predicted octanol–water partition coefficient (Wildman–Crippen LogP) is 2.18. The number of nitrogens with one attached hydrogen (secondary N) is 2. The van der Waals surface area contributed by atoms with Crippen molar-refractivity contribution in [2.45, 2.75) is 36.9 Å². The lowest BCUT2D eigenvalue weighted by Crippen LogP contribution is -2.09. The minimum absolute atomic E-state index is 0.158. The van der Waals surface area contributed by atoms with E-state index in [0.717, 1.165) is 16.4 Å². The van der Waals surface area contributed by atoms with Crippen molar-refractivity contribution in [3.8, 4) is 0 Å². The molecule has 7 heteroatoms. The summed E-state index contributed by atoms with van der Waals surface area (Å²) in [5.74, 6) is 1.06. The molecular formula is C13H17N5OS. The molecule has 0 aliphatic rings. The van der Waals surface area contributed by atoms with Crippen molar-refractivity contribution < 1.29 is 0 Å². The van der Waals surface area contributed by atoms with Gasteiger partial charge in [0.05, 0.1) is 0 Å². The molecule has 0 saturated heterocycles. The van der Waals surface area contributed by atoms with Gasteiger partial charge in [-0.25, -0.2) is 15.0 Å². The summed E-state index contributed by atoms with van der Waals surface area (Å²) in [4.78, 5) is 27.1. The van der Waals surface area contributed by atoms with Crippen LogP contribution in [-0.2, 0) is 0 Å². The zero-order valence-electron chi connectivity index (χ0n) is 11.9. The van der Waals surface area contributed by atoms with E-state index in [1.807, 2.05) is 7.05 Å². The number of aromatic amines is 1. The van der Waals surface area contributed by atoms with Crippen LogP contribution in [0.15, 0.2) is 27.4 Å². The molecule has 2 rings (SSSR count). The summed E-state index contributed by atoms with van der Waals surface area (Å²) < 4.78 is 0. The van der Waals surface area contributed by atoms with Crippen LogP contribution in [0, 0.1) is 6.92 Å². The molecule has 2 aromatic rings. The van der Waals surface area contributed by atoms with E-state index in [-0.39, 0.29) is 11.5 Å². The minimum atomic E-state index is -0.158. The molecule has 0 amide bonds. The Balaban J connectivity index is 2.45. The molecule has 20 heavy (non-hydrogen) atoms. The average Bonchev–Trinajstić information content (AvgIpc) is 2.36. The molecule has 106 valence electrons. The molecule has 0 unspecified atom stereocenters. The summed E-state index contributed by atoms with van der Waals surface area (Å²) in [5.41, 5.74) is 1.54. The fourth-order valence-electron chi connectivity index (χ4n) is 1.87. The number of aryl methyl sites for hydroxylation is 1. The van der Waals surface area contributed by atoms with Gasteiger partial charge in [-0.1, -0.05) is 13.8 Å².